The molecule has 0 atom stereocenters. The van der Waals surface area contributed by atoms with E-state index in [1.54, 1.807) is 20.4 Å². The number of ether oxygens (including phenoxy) is 2. The normalized spacial score (nSPS) is 10.2. The molecule has 0 aliphatic carbocycles. The molecule has 4 heteroatoms. The molecule has 0 fully saturated rings. The zero-order valence-electron chi connectivity index (χ0n) is 10.5. The minimum absolute atomic E-state index is 0.407. The molecule has 1 heterocycles. The van der Waals surface area contributed by atoms with Crippen molar-refractivity contribution in [3.8, 4) is 22.6 Å². The molecule has 0 saturated heterocycles. The first kappa shape index (κ1) is 12.4. The Labute approximate surface area is 106 Å². The van der Waals surface area contributed by atoms with Crippen molar-refractivity contribution in [2.24, 2.45) is 5.73 Å². The average molecular weight is 244 g/mol. The molecule has 0 radical (unpaired) electrons. The van der Waals surface area contributed by atoms with Crippen LogP contribution in [0.25, 0.3) is 11.1 Å². The highest BCUT2D eigenvalue weighted by Crippen LogP contribution is 2.32. The number of aromatic nitrogens is 1. The predicted octanol–water partition coefficient (Wildman–Crippen LogP) is 2.22. The molecule has 0 amide bonds. The van der Waals surface area contributed by atoms with E-state index in [9.17, 15) is 0 Å². The summed E-state index contributed by atoms with van der Waals surface area (Å²) >= 11 is 0. The van der Waals surface area contributed by atoms with E-state index in [0.29, 0.717) is 18.0 Å². The molecule has 1 aromatic heterocycles. The highest BCUT2D eigenvalue weighted by atomic mass is 16.5. The summed E-state index contributed by atoms with van der Waals surface area (Å²) in [5.41, 5.74) is 8.59. The Morgan fingerprint density at radius 2 is 1.89 bits per heavy atom. The van der Waals surface area contributed by atoms with Gasteiger partial charge in [-0.15, -0.1) is 0 Å². The van der Waals surface area contributed by atoms with E-state index < -0.39 is 0 Å². The lowest BCUT2D eigenvalue weighted by molar-refractivity contribution is 0.355. The molecule has 2 rings (SSSR count). The van der Waals surface area contributed by atoms with E-state index in [1.165, 1.54) is 0 Å². The molecular formula is C14H16N2O2. The van der Waals surface area contributed by atoms with Gasteiger partial charge in [-0.3, -0.25) is 4.98 Å². The van der Waals surface area contributed by atoms with Crippen LogP contribution < -0.4 is 15.2 Å². The molecular weight excluding hydrogens is 228 g/mol. The van der Waals surface area contributed by atoms with E-state index >= 15 is 0 Å². The number of rotatable bonds is 4. The second-order valence-corrected chi connectivity index (χ2v) is 3.77. The van der Waals surface area contributed by atoms with Crippen LogP contribution in [0.1, 0.15) is 5.69 Å². The monoisotopic (exact) mass is 244 g/mol. The summed E-state index contributed by atoms with van der Waals surface area (Å²) in [4.78, 5) is 4.27. The average Bonchev–Trinajstić information content (AvgIpc) is 2.46. The van der Waals surface area contributed by atoms with Crippen LogP contribution in [0.5, 0.6) is 11.5 Å². The summed E-state index contributed by atoms with van der Waals surface area (Å²) < 4.78 is 10.5. The van der Waals surface area contributed by atoms with Gasteiger partial charge in [-0.1, -0.05) is 12.1 Å². The smallest absolute Gasteiger partial charge is 0.161 e. The summed E-state index contributed by atoms with van der Waals surface area (Å²) in [5.74, 6) is 1.40. The van der Waals surface area contributed by atoms with Gasteiger partial charge in [0.1, 0.15) is 0 Å². The lowest BCUT2D eigenvalue weighted by atomic mass is 10.0. The van der Waals surface area contributed by atoms with E-state index in [0.717, 1.165) is 16.8 Å². The van der Waals surface area contributed by atoms with Gasteiger partial charge in [0.05, 0.1) is 19.9 Å². The third-order valence-electron chi connectivity index (χ3n) is 2.78. The maximum absolute atomic E-state index is 5.70. The summed E-state index contributed by atoms with van der Waals surface area (Å²) in [5, 5.41) is 0. The van der Waals surface area contributed by atoms with Gasteiger partial charge in [0.25, 0.3) is 0 Å². The molecule has 2 N–H and O–H groups in total. The van der Waals surface area contributed by atoms with Crippen LogP contribution in [0.2, 0.25) is 0 Å². The predicted molar refractivity (Wildman–Crippen MR) is 70.7 cm³/mol. The second kappa shape index (κ2) is 5.51. The number of nitrogens with two attached hydrogens (primary N) is 1. The van der Waals surface area contributed by atoms with Gasteiger partial charge in [0.2, 0.25) is 0 Å². The van der Waals surface area contributed by atoms with Crippen molar-refractivity contribution in [2.45, 2.75) is 6.54 Å². The van der Waals surface area contributed by atoms with Gasteiger partial charge < -0.3 is 15.2 Å². The zero-order valence-corrected chi connectivity index (χ0v) is 10.5. The Kier molecular flexibility index (Phi) is 3.79. The van der Waals surface area contributed by atoms with Crippen molar-refractivity contribution in [2.75, 3.05) is 14.2 Å². The van der Waals surface area contributed by atoms with E-state index in [-0.39, 0.29) is 0 Å². The van der Waals surface area contributed by atoms with E-state index in [1.807, 2.05) is 30.3 Å². The molecule has 94 valence electrons. The fraction of sp³-hybridized carbons (Fsp3) is 0.214. The maximum Gasteiger partial charge on any atom is 0.161 e. The topological polar surface area (TPSA) is 57.4 Å². The Morgan fingerprint density at radius 1 is 1.11 bits per heavy atom. The number of methoxy groups -OCH3 is 2. The van der Waals surface area contributed by atoms with Crippen LogP contribution in [0.3, 0.4) is 0 Å². The maximum atomic E-state index is 5.70. The van der Waals surface area contributed by atoms with Crippen LogP contribution in [-0.4, -0.2) is 19.2 Å². The molecule has 0 unspecified atom stereocenters. The standard InChI is InChI=1S/C14H16N2O2/c1-17-13-6-5-10(8-14(13)18-2)11-4-3-7-16-12(11)9-15/h3-8H,9,15H2,1-2H3. The SMILES string of the molecule is COc1ccc(-c2cccnc2CN)cc1OC. The first-order valence-electron chi connectivity index (χ1n) is 5.66. The molecule has 0 aliphatic heterocycles. The van der Waals surface area contributed by atoms with Crippen molar-refractivity contribution in [3.05, 3.63) is 42.2 Å². The van der Waals surface area contributed by atoms with Crippen molar-refractivity contribution < 1.29 is 9.47 Å². The Bertz CT molecular complexity index is 541. The molecule has 4 nitrogen and oxygen atoms in total. The summed E-state index contributed by atoms with van der Waals surface area (Å²) in [7, 11) is 3.24. The van der Waals surface area contributed by atoms with Crippen LogP contribution in [0.4, 0.5) is 0 Å². The Hall–Kier alpha value is -2.07. The highest BCUT2D eigenvalue weighted by molar-refractivity contribution is 5.69. The molecule has 0 spiro atoms. The Balaban J connectivity index is 2.51. The van der Waals surface area contributed by atoms with Gasteiger partial charge in [-0.2, -0.15) is 0 Å². The van der Waals surface area contributed by atoms with Crippen LogP contribution >= 0.6 is 0 Å². The van der Waals surface area contributed by atoms with E-state index in [4.69, 9.17) is 15.2 Å². The lowest BCUT2D eigenvalue weighted by Crippen LogP contribution is -2.01. The van der Waals surface area contributed by atoms with Gasteiger partial charge >= 0.3 is 0 Å². The van der Waals surface area contributed by atoms with Crippen molar-refractivity contribution in [1.29, 1.82) is 0 Å². The number of nitrogens with zero attached hydrogens (tertiary/aromatic N) is 1. The van der Waals surface area contributed by atoms with Crippen LogP contribution in [-0.2, 0) is 6.54 Å². The molecule has 0 saturated carbocycles. The van der Waals surface area contributed by atoms with Crippen LogP contribution in [0, 0.1) is 0 Å². The zero-order chi connectivity index (χ0) is 13.0. The number of hydrogen-bond acceptors (Lipinski definition) is 4. The minimum Gasteiger partial charge on any atom is -0.493 e. The molecule has 2 aromatic rings. The summed E-state index contributed by atoms with van der Waals surface area (Å²) in [6.45, 7) is 0.407. The molecule has 0 aliphatic rings. The number of hydrogen-bond donors (Lipinski definition) is 1. The largest absolute Gasteiger partial charge is 0.493 e. The number of pyridine rings is 1. The summed E-state index contributed by atoms with van der Waals surface area (Å²) in [6.07, 6.45) is 1.74. The van der Waals surface area contributed by atoms with Crippen molar-refractivity contribution in [1.82, 2.24) is 4.98 Å². The summed E-state index contributed by atoms with van der Waals surface area (Å²) in [6, 6.07) is 9.66. The third-order valence-corrected chi connectivity index (χ3v) is 2.78. The highest BCUT2D eigenvalue weighted by Gasteiger charge is 2.09. The first-order chi connectivity index (χ1) is 8.80. The Morgan fingerprint density at radius 3 is 2.56 bits per heavy atom. The van der Waals surface area contributed by atoms with Gasteiger partial charge in [-0.25, -0.2) is 0 Å². The lowest BCUT2D eigenvalue weighted by Gasteiger charge is -2.11. The third kappa shape index (κ3) is 2.28. The first-order valence-corrected chi connectivity index (χ1v) is 5.66. The van der Waals surface area contributed by atoms with Crippen molar-refractivity contribution in [3.63, 3.8) is 0 Å². The van der Waals surface area contributed by atoms with Gasteiger partial charge in [0.15, 0.2) is 11.5 Å². The van der Waals surface area contributed by atoms with Crippen molar-refractivity contribution >= 4 is 0 Å². The quantitative estimate of drug-likeness (QED) is 0.896. The second-order valence-electron chi connectivity index (χ2n) is 3.77. The molecule has 0 bridgehead atoms. The minimum atomic E-state index is 0.407. The molecule has 1 aromatic carbocycles. The fourth-order valence-electron chi connectivity index (χ4n) is 1.87. The van der Waals surface area contributed by atoms with Gasteiger partial charge in [0, 0.05) is 18.3 Å². The van der Waals surface area contributed by atoms with E-state index in [2.05, 4.69) is 4.98 Å². The fourth-order valence-corrected chi connectivity index (χ4v) is 1.87. The number of benzene rings is 1. The van der Waals surface area contributed by atoms with Gasteiger partial charge in [-0.05, 0) is 23.8 Å². The molecule has 18 heavy (non-hydrogen) atoms. The van der Waals surface area contributed by atoms with Crippen LogP contribution in [0.15, 0.2) is 36.5 Å².